The fraction of sp³-hybridized carbons (Fsp3) is 0. The van der Waals surface area contributed by atoms with Crippen molar-refractivity contribution in [2.24, 2.45) is 0 Å². The van der Waals surface area contributed by atoms with Crippen LogP contribution in [0.25, 0.3) is 0 Å². The van der Waals surface area contributed by atoms with E-state index in [-0.39, 0.29) is 69.6 Å². The molecule has 35 valence electrons. The molecule has 0 aromatic heterocycles. The predicted molar refractivity (Wildman–Crippen MR) is 11.8 cm³/mol. The first-order chi connectivity index (χ1) is 1.73. The van der Waals surface area contributed by atoms with Gasteiger partial charge in [-0.1, -0.05) is 0 Å². The zero-order chi connectivity index (χ0) is 3.58. The van der Waals surface area contributed by atoms with Crippen LogP contribution in [0.4, 0.5) is 4.79 Å². The summed E-state index contributed by atoms with van der Waals surface area (Å²) in [5.41, 5.74) is 0. The molecular formula is CH3CoKO3. The number of carboxylic acid groups (broad SMARTS) is 2. The Kier molecular flexibility index (Phi) is 25.2. The summed E-state index contributed by atoms with van der Waals surface area (Å²) >= 11 is 0. The summed E-state index contributed by atoms with van der Waals surface area (Å²) in [5.74, 6) is 0. The molecule has 0 atom stereocenters. The van der Waals surface area contributed by atoms with E-state index in [2.05, 4.69) is 0 Å². The molecule has 0 fully saturated rings. The maximum absolute atomic E-state index is 8.56. The topological polar surface area (TPSA) is 57.5 Å². The first kappa shape index (κ1) is 15.7. The molecule has 0 aliphatic heterocycles. The third-order valence-corrected chi connectivity index (χ3v) is 0. The molecule has 0 bridgehead atoms. The van der Waals surface area contributed by atoms with Crippen LogP contribution in [0, 0.1) is 0 Å². The van der Waals surface area contributed by atoms with Crippen LogP contribution in [-0.4, -0.2) is 16.4 Å². The molecule has 1 radical (unpaired) electrons. The van der Waals surface area contributed by atoms with Gasteiger partial charge < -0.3 is 11.6 Å². The van der Waals surface area contributed by atoms with Crippen LogP contribution in [0.3, 0.4) is 0 Å². The molecule has 0 aliphatic carbocycles. The van der Waals surface area contributed by atoms with E-state index in [1.807, 2.05) is 0 Å². The maximum atomic E-state index is 8.56. The second-order valence-electron chi connectivity index (χ2n) is 0.283. The van der Waals surface area contributed by atoms with Crippen molar-refractivity contribution in [3.63, 3.8) is 0 Å². The fourth-order valence-corrected chi connectivity index (χ4v) is 0. The van der Waals surface area contributed by atoms with E-state index in [1.54, 1.807) is 0 Å². The molecule has 0 aromatic rings. The van der Waals surface area contributed by atoms with Crippen LogP contribution in [0.15, 0.2) is 0 Å². The number of carbonyl (C=O) groups is 1. The number of hydrogen-bond donors (Lipinski definition) is 2. The van der Waals surface area contributed by atoms with E-state index in [9.17, 15) is 0 Å². The fourth-order valence-electron chi connectivity index (χ4n) is 0. The number of rotatable bonds is 0. The van der Waals surface area contributed by atoms with Gasteiger partial charge in [-0.3, -0.25) is 0 Å². The van der Waals surface area contributed by atoms with Gasteiger partial charge in [0.15, 0.2) is 0 Å². The van der Waals surface area contributed by atoms with Gasteiger partial charge in [-0.05, 0) is 0 Å². The minimum Gasteiger partial charge on any atom is -1.00 e. The Morgan fingerprint density at radius 2 is 1.50 bits per heavy atom. The zero-order valence-corrected chi connectivity index (χ0v) is 7.30. The largest absolute Gasteiger partial charge is 1.00 e. The second-order valence-corrected chi connectivity index (χ2v) is 0.283. The monoisotopic (exact) mass is 161 g/mol. The van der Waals surface area contributed by atoms with E-state index < -0.39 is 6.16 Å². The van der Waals surface area contributed by atoms with Crippen LogP contribution in [0.2, 0.25) is 0 Å². The summed E-state index contributed by atoms with van der Waals surface area (Å²) < 4.78 is 0. The van der Waals surface area contributed by atoms with Crippen molar-refractivity contribution in [2.75, 3.05) is 0 Å². The Balaban J connectivity index is -0.0000000150. The average molecular weight is 161 g/mol. The van der Waals surface area contributed by atoms with E-state index in [0.29, 0.717) is 0 Å². The van der Waals surface area contributed by atoms with Gasteiger partial charge in [0, 0.05) is 16.8 Å². The van der Waals surface area contributed by atoms with Gasteiger partial charge in [0.1, 0.15) is 0 Å². The Morgan fingerprint density at radius 3 is 1.50 bits per heavy atom. The summed E-state index contributed by atoms with van der Waals surface area (Å²) in [6.45, 7) is 0. The van der Waals surface area contributed by atoms with Gasteiger partial charge in [-0.2, -0.15) is 0 Å². The Morgan fingerprint density at radius 1 is 1.50 bits per heavy atom. The molecule has 6 heavy (non-hydrogen) atoms. The van der Waals surface area contributed by atoms with Crippen LogP contribution < -0.4 is 51.4 Å². The van der Waals surface area contributed by atoms with Crippen LogP contribution in [0.5, 0.6) is 0 Å². The predicted octanol–water partition coefficient (Wildman–Crippen LogP) is -2.66. The molecule has 0 saturated heterocycles. The SMILES string of the molecule is O=C(O)O.[Co].[H-].[K+]. The van der Waals surface area contributed by atoms with Gasteiger partial charge in [-0.15, -0.1) is 0 Å². The molecule has 0 amide bonds. The smallest absolute Gasteiger partial charge is 1.00 e. The van der Waals surface area contributed by atoms with Gasteiger partial charge in [-0.25, -0.2) is 4.79 Å². The summed E-state index contributed by atoms with van der Waals surface area (Å²) in [6, 6.07) is 0. The van der Waals surface area contributed by atoms with Crippen molar-refractivity contribution < 1.29 is 84.6 Å². The standard InChI is InChI=1S/CH2O3.Co.K.H/c2-1(3)4;;;/h(H2,2,3,4);;;/q;;+1;-1. The first-order valence-corrected chi connectivity index (χ1v) is 0.651. The van der Waals surface area contributed by atoms with Crippen LogP contribution >= 0.6 is 0 Å². The van der Waals surface area contributed by atoms with Crippen molar-refractivity contribution in [1.82, 2.24) is 0 Å². The molecule has 3 nitrogen and oxygen atoms in total. The molecule has 0 aromatic carbocycles. The minimum absolute atomic E-state index is 0. The number of hydrogen-bond acceptors (Lipinski definition) is 1. The summed E-state index contributed by atoms with van der Waals surface area (Å²) in [5, 5.41) is 13.9. The summed E-state index contributed by atoms with van der Waals surface area (Å²) in [6.07, 6.45) is -1.83. The van der Waals surface area contributed by atoms with E-state index in [4.69, 9.17) is 15.0 Å². The molecule has 0 saturated carbocycles. The quantitative estimate of drug-likeness (QED) is 0.381. The molecule has 0 heterocycles. The van der Waals surface area contributed by atoms with Crippen molar-refractivity contribution in [2.45, 2.75) is 0 Å². The molecule has 5 heteroatoms. The minimum atomic E-state index is -1.83. The van der Waals surface area contributed by atoms with Gasteiger partial charge in [0.25, 0.3) is 0 Å². The second kappa shape index (κ2) is 9.65. The summed E-state index contributed by atoms with van der Waals surface area (Å²) in [7, 11) is 0. The van der Waals surface area contributed by atoms with E-state index >= 15 is 0 Å². The van der Waals surface area contributed by atoms with Crippen molar-refractivity contribution in [3.05, 3.63) is 0 Å². The average Bonchev–Trinajstić information content (AvgIpc) is 0.811. The Hall–Kier alpha value is 1.41. The van der Waals surface area contributed by atoms with Crippen LogP contribution in [-0.2, 0) is 16.8 Å². The van der Waals surface area contributed by atoms with E-state index in [1.165, 1.54) is 0 Å². The first-order valence-electron chi connectivity index (χ1n) is 0.651. The van der Waals surface area contributed by atoms with E-state index in [0.717, 1.165) is 0 Å². The molecule has 2 N–H and O–H groups in total. The molecular weight excluding hydrogens is 158 g/mol. The summed E-state index contributed by atoms with van der Waals surface area (Å²) in [4.78, 5) is 8.56. The molecule has 0 spiro atoms. The van der Waals surface area contributed by atoms with Crippen molar-refractivity contribution in [3.8, 4) is 0 Å². The van der Waals surface area contributed by atoms with Crippen molar-refractivity contribution in [1.29, 1.82) is 0 Å². The third-order valence-electron chi connectivity index (χ3n) is 0. The maximum Gasteiger partial charge on any atom is 1.00 e. The van der Waals surface area contributed by atoms with Crippen molar-refractivity contribution >= 4 is 6.16 Å². The normalized spacial score (nSPS) is 4.00. The van der Waals surface area contributed by atoms with Gasteiger partial charge in [0.05, 0.1) is 0 Å². The molecule has 0 aliphatic rings. The molecule has 0 unspecified atom stereocenters. The Labute approximate surface area is 89.2 Å². The van der Waals surface area contributed by atoms with Gasteiger partial charge in [0.2, 0.25) is 0 Å². The Bertz CT molecular complexity index is 37.9. The third kappa shape index (κ3) is 52.8. The van der Waals surface area contributed by atoms with Gasteiger partial charge >= 0.3 is 57.5 Å². The molecule has 0 rings (SSSR count). The van der Waals surface area contributed by atoms with Crippen LogP contribution in [0.1, 0.15) is 1.43 Å². The zero-order valence-electron chi connectivity index (χ0n) is 4.14.